The zero-order valence-electron chi connectivity index (χ0n) is 76.4. The van der Waals surface area contributed by atoms with Crippen LogP contribution in [0.5, 0.6) is 28.7 Å². The van der Waals surface area contributed by atoms with Gasteiger partial charge in [-0.1, -0.05) is 220 Å². The Morgan fingerprint density at radius 2 is 0.605 bits per heavy atom. The molecule has 5 fully saturated rings. The summed E-state index contributed by atoms with van der Waals surface area (Å²) in [5, 5.41) is 4.18. The standard InChI is InChI=1S/C27H35ClINO.C23H29BrClNO.C20H23ClINO.C19H21ClINO2.C19H23ClINO/c1-2-31-24-16-13-20(14-17-24)27(25-19-21(29)15-18-26(25)28)30(22-9-5-3-6-10-22)23-11-7-4-8-12-23;1-3-26(19-8-6-5-7-9-19)23(21-16-18(24)12-15-22(21)25)17-10-13-20(14-11-17)27-4-2;1-2-24-17-9-6-15(7-10-17)20(23-12-4-3-5-13-23)18-14-16(22)8-11-19(18)21;1-2-24-16-6-3-14(4-7-16)19(22-9-11-23-12-10-22)17-13-15(21)5-8-18(17)20;1-4-22(5-2)19(17-13-15(21)9-12-18(17)20)14-7-10-16(11-8-14)23-6-3/h13-19,22-23,27H,2-12H2,1H3;10-16,19,23H,3-9H2,1-2H3;6-11,14,20H,2-5,12-13H2,1H3;3-8,13,19H,2,9-12H2,1H3;7-13,19H,4-6H2,1-3H3. The van der Waals surface area contributed by atoms with Crippen LogP contribution in [0.1, 0.15) is 257 Å². The number of morpholine rings is 1. The number of hydrogen-bond acceptors (Lipinski definition) is 11. The van der Waals surface area contributed by atoms with Crippen molar-refractivity contribution in [1.29, 1.82) is 0 Å². The number of piperidine rings is 1. The van der Waals surface area contributed by atoms with Crippen LogP contribution < -0.4 is 23.7 Å². The highest BCUT2D eigenvalue weighted by atomic mass is 127. The van der Waals surface area contributed by atoms with Gasteiger partial charge in [-0.25, -0.2) is 0 Å². The minimum Gasteiger partial charge on any atom is -0.494 e. The van der Waals surface area contributed by atoms with Gasteiger partial charge in [0.25, 0.3) is 0 Å². The molecule has 0 radical (unpaired) electrons. The molecular weight excluding hydrogens is 2230 g/mol. The molecule has 10 aromatic carbocycles. The van der Waals surface area contributed by atoms with E-state index in [-0.39, 0.29) is 30.2 Å². The van der Waals surface area contributed by atoms with Crippen LogP contribution in [0.3, 0.4) is 0 Å². The molecule has 0 spiro atoms. The van der Waals surface area contributed by atoms with Gasteiger partial charge in [0.2, 0.25) is 0 Å². The predicted octanol–water partition coefficient (Wildman–Crippen LogP) is 32.1. The summed E-state index contributed by atoms with van der Waals surface area (Å²) in [6, 6.07) is 76.7. The SMILES string of the molecule is CCOc1ccc(C(c2cc(Br)ccc2Cl)N(CC)C2CCCCC2)cc1.CCOc1ccc(C(c2cc(I)ccc2Cl)N(C2CCCCC2)C2CCCCC2)cc1.CCOc1ccc(C(c2cc(I)ccc2Cl)N(CC)CC)cc1.CCOc1ccc(C(c2cc(I)ccc2Cl)N2CCCCC2)cc1.CCOc1ccc(C(c2cc(I)ccc2Cl)N2CCOCC2)cc1. The zero-order chi connectivity index (χ0) is 91.6. The van der Waals surface area contributed by atoms with Gasteiger partial charge in [-0.2, -0.15) is 0 Å². The number of ether oxygens (including phenoxy) is 6. The van der Waals surface area contributed by atoms with Gasteiger partial charge in [0.05, 0.1) is 76.5 Å². The fourth-order valence-electron chi connectivity index (χ4n) is 19.2. The monoisotopic (exact) mass is 2360 g/mol. The van der Waals surface area contributed by atoms with Crippen LogP contribution in [0.2, 0.25) is 25.1 Å². The molecule has 0 aromatic heterocycles. The summed E-state index contributed by atoms with van der Waals surface area (Å²) in [4.78, 5) is 13.0. The third-order valence-electron chi connectivity index (χ3n) is 25.2. The molecule has 2 saturated heterocycles. The maximum atomic E-state index is 6.89. The third kappa shape index (κ3) is 30.9. The summed E-state index contributed by atoms with van der Waals surface area (Å²) in [7, 11) is 0. The largest absolute Gasteiger partial charge is 0.494 e. The van der Waals surface area contributed by atoms with Crippen LogP contribution in [-0.4, -0.2) is 135 Å². The van der Waals surface area contributed by atoms with E-state index in [4.69, 9.17) is 86.4 Å². The van der Waals surface area contributed by atoms with E-state index < -0.39 is 0 Å². The molecule has 0 amide bonds. The predicted molar refractivity (Wildman–Crippen MR) is 579 cm³/mol. The van der Waals surface area contributed by atoms with Gasteiger partial charge in [-0.05, 0) is 416 Å². The molecule has 0 bridgehead atoms. The van der Waals surface area contributed by atoms with Crippen LogP contribution >= 0.6 is 164 Å². The lowest BCUT2D eigenvalue weighted by Crippen LogP contribution is -2.47. The first-order chi connectivity index (χ1) is 62.8. The Morgan fingerprint density at radius 1 is 0.318 bits per heavy atom. The Balaban J connectivity index is 0.000000157. The van der Waals surface area contributed by atoms with Crippen molar-refractivity contribution < 1.29 is 28.4 Å². The van der Waals surface area contributed by atoms with Crippen molar-refractivity contribution in [1.82, 2.24) is 24.5 Å². The van der Waals surface area contributed by atoms with Gasteiger partial charge in [0.15, 0.2) is 0 Å². The number of halogens is 10. The first kappa shape index (κ1) is 105. The Morgan fingerprint density at radius 3 is 0.953 bits per heavy atom. The molecule has 5 unspecified atom stereocenters. The van der Waals surface area contributed by atoms with E-state index in [0.717, 1.165) is 128 Å². The topological polar surface area (TPSA) is 71.6 Å². The molecule has 129 heavy (non-hydrogen) atoms. The molecular formula is C108H131BrCl5I4N5O6. The van der Waals surface area contributed by atoms with Crippen LogP contribution in [0.15, 0.2) is 217 Å². The number of nitrogens with zero attached hydrogens (tertiary/aromatic N) is 5. The maximum Gasteiger partial charge on any atom is 0.119 e. The molecule has 10 aromatic rings. The first-order valence-electron chi connectivity index (χ1n) is 47.0. The molecule has 21 heteroatoms. The van der Waals surface area contributed by atoms with Crippen molar-refractivity contribution in [3.05, 3.63) is 312 Å². The smallest absolute Gasteiger partial charge is 0.119 e. The zero-order valence-corrected chi connectivity index (χ0v) is 90.4. The van der Waals surface area contributed by atoms with E-state index in [1.54, 1.807) is 0 Å². The molecule has 15 rings (SSSR count). The minimum absolute atomic E-state index is 0.131. The second kappa shape index (κ2) is 55.9. The van der Waals surface area contributed by atoms with E-state index in [0.29, 0.717) is 51.2 Å². The average Bonchev–Trinajstić information content (AvgIpc) is 0.771. The highest BCUT2D eigenvalue weighted by molar-refractivity contribution is 14.1. The molecule has 0 N–H and O–H groups in total. The molecule has 2 aliphatic heterocycles. The Labute approximate surface area is 859 Å². The molecule has 2 heterocycles. The second-order valence-corrected chi connectivity index (χ2v) is 41.4. The summed E-state index contributed by atoms with van der Waals surface area (Å²) < 4.78 is 39.6. The minimum atomic E-state index is 0.131. The van der Waals surface area contributed by atoms with E-state index >= 15 is 0 Å². The molecule has 3 saturated carbocycles. The second-order valence-electron chi connectivity index (χ2n) is 33.5. The van der Waals surface area contributed by atoms with Gasteiger partial charge in [-0.15, -0.1) is 0 Å². The van der Waals surface area contributed by atoms with E-state index in [1.165, 1.54) is 174 Å². The van der Waals surface area contributed by atoms with Crippen molar-refractivity contribution in [2.75, 3.05) is 92.1 Å². The van der Waals surface area contributed by atoms with Crippen LogP contribution in [0, 0.1) is 14.3 Å². The highest BCUT2D eigenvalue weighted by Crippen LogP contribution is 2.46. The first-order valence-corrected chi connectivity index (χ1v) is 54.0. The number of likely N-dealkylation sites (tertiary alicyclic amines) is 1. The molecule has 5 atom stereocenters. The number of rotatable bonds is 31. The van der Waals surface area contributed by atoms with Gasteiger partial charge >= 0.3 is 0 Å². The van der Waals surface area contributed by atoms with Crippen molar-refractivity contribution in [3.63, 3.8) is 0 Å². The quantitative estimate of drug-likeness (QED) is 0.0390. The summed E-state index contributed by atoms with van der Waals surface area (Å²) in [6.45, 7) is 28.6. The van der Waals surface area contributed by atoms with Crippen molar-refractivity contribution >= 4 is 164 Å². The Hall–Kier alpha value is -4.19. The highest BCUT2D eigenvalue weighted by Gasteiger charge is 2.38. The van der Waals surface area contributed by atoms with Crippen molar-refractivity contribution in [2.45, 2.75) is 219 Å². The molecule has 694 valence electrons. The lowest BCUT2D eigenvalue weighted by Gasteiger charge is -2.47. The van der Waals surface area contributed by atoms with Gasteiger partial charge in [-0.3, -0.25) is 24.5 Å². The normalized spacial score (nSPS) is 16.6. The van der Waals surface area contributed by atoms with Crippen LogP contribution in [0.25, 0.3) is 0 Å². The Kier molecular flexibility index (Phi) is 45.6. The van der Waals surface area contributed by atoms with Gasteiger partial charge < -0.3 is 28.4 Å². The van der Waals surface area contributed by atoms with Gasteiger partial charge in [0, 0.05) is 75.1 Å². The summed E-state index contributed by atoms with van der Waals surface area (Å²) in [5.74, 6) is 4.59. The van der Waals surface area contributed by atoms with E-state index in [9.17, 15) is 0 Å². The third-order valence-corrected chi connectivity index (χ3v) is 30.1. The maximum absolute atomic E-state index is 6.89. The summed E-state index contributed by atoms with van der Waals surface area (Å²) in [6.07, 6.45) is 23.8. The molecule has 11 nitrogen and oxygen atoms in total. The van der Waals surface area contributed by atoms with E-state index in [2.05, 4.69) is 297 Å². The fraction of sp³-hybridized carbons (Fsp3) is 0.444. The summed E-state index contributed by atoms with van der Waals surface area (Å²) >= 11 is 46.4. The fourth-order valence-corrected chi connectivity index (χ4v) is 22.7. The number of hydrogen-bond donors (Lipinski definition) is 0. The van der Waals surface area contributed by atoms with Crippen molar-refractivity contribution in [3.8, 4) is 28.7 Å². The lowest BCUT2D eigenvalue weighted by molar-refractivity contribution is 0.0239. The van der Waals surface area contributed by atoms with Crippen molar-refractivity contribution in [2.24, 2.45) is 0 Å². The molecule has 3 aliphatic carbocycles. The van der Waals surface area contributed by atoms with Gasteiger partial charge in [0.1, 0.15) is 28.7 Å². The van der Waals surface area contributed by atoms with E-state index in [1.807, 2.05) is 101 Å². The number of benzene rings is 10. The summed E-state index contributed by atoms with van der Waals surface area (Å²) in [5.41, 5.74) is 12.3. The lowest BCUT2D eigenvalue weighted by atomic mass is 9.84. The van der Waals surface area contributed by atoms with Crippen LogP contribution in [-0.2, 0) is 4.74 Å². The molecule has 5 aliphatic rings. The average molecular weight is 2360 g/mol. The Bertz CT molecular complexity index is 4820. The van der Waals surface area contributed by atoms with Crippen LogP contribution in [0.4, 0.5) is 0 Å².